The number of aliphatic hydroxyl groups excluding tert-OH is 2. The van der Waals surface area contributed by atoms with Crippen molar-refractivity contribution in [3.63, 3.8) is 0 Å². The van der Waals surface area contributed by atoms with Gasteiger partial charge in [-0.05, 0) is 108 Å². The standard InChI is InChI=1S/C96H120F3N17O21S/c1-7-8-25-75(95(136)116-49-64(121)44-77(116)90(131)105-60(50-117)43-82(124)125)112(4)94(135)79(41-55-20-13-10-14-21-55)114(6)92(133)72(39-58-35-66(97)83(99)67(98)36-58)106-81(123)52-138-51-74(85(126)104-47-80(101)122)111-86(127)69(24-17-34-100)107-87(128)70(37-56-26-30-61(118)31-27-56)108-88(129)71(42-59-46-103-68-23-16-15-22-65(59)68)109-91(132)78-45-63(120)48-115(78)93(134)73(38-57-28-32-62(119)33-29-57)110-89(130)76(40-54-18-11-9-12-19-54)113(5)96(137)84(102)53(2)3/h9-16,18-23,26-33,35-36,46,50,53,60,63-64,69-79,84,103,118-121H,7-8,17,24-25,34,37-45,47-49,51-52,100,102H2,1-6H3,(H2,101,122)(H,104,126)(H,105,131)(H,106,123)(H,107,128)(H,108,129)(H,109,132)(H,110,130)(H,111,127)(H,124,125)/t60-,63+,64-,69-,70-,71-,72-,73-,74-,75-,76?,77+,78+,79-,84-/m0/s1. The topological polar surface area (TPSA) is 581 Å². The zero-order chi connectivity index (χ0) is 101. The third-order valence-electron chi connectivity index (χ3n) is 24.1. The Morgan fingerprint density at radius 2 is 1.01 bits per heavy atom. The summed E-state index contributed by atoms with van der Waals surface area (Å²) in [6, 6.07) is 16.1. The number of unbranched alkanes of at least 4 members (excludes halogenated alkanes) is 1. The van der Waals surface area contributed by atoms with Gasteiger partial charge in [0, 0.05) is 108 Å². The van der Waals surface area contributed by atoms with Gasteiger partial charge in [0.25, 0.3) is 0 Å². The molecule has 0 radical (unpaired) electrons. The van der Waals surface area contributed by atoms with Crippen molar-refractivity contribution in [2.75, 3.05) is 58.8 Å². The molecule has 138 heavy (non-hydrogen) atoms. The molecule has 2 aliphatic heterocycles. The summed E-state index contributed by atoms with van der Waals surface area (Å²) < 4.78 is 44.9. The van der Waals surface area contributed by atoms with Crippen LogP contribution >= 0.6 is 11.8 Å². The number of β-amino-alcohol motifs (C(OH)–C–C–N with tert-alkyl or cyclic N) is 2. The number of hydrogen-bond donors (Lipinski definition) is 17. The largest absolute Gasteiger partial charge is 0.508 e. The maximum Gasteiger partial charge on any atom is 0.305 e. The molecule has 1 unspecified atom stereocenters. The average Bonchev–Trinajstić information content (AvgIpc) is 1.41. The summed E-state index contributed by atoms with van der Waals surface area (Å²) in [5.74, 6) is -22.0. The van der Waals surface area contributed by atoms with Crippen LogP contribution in [0, 0.1) is 23.4 Å². The van der Waals surface area contributed by atoms with Gasteiger partial charge in [-0.2, -0.15) is 0 Å². The van der Waals surface area contributed by atoms with E-state index in [9.17, 15) is 77.9 Å². The summed E-state index contributed by atoms with van der Waals surface area (Å²) in [4.78, 5) is 238. The number of H-pyrrole nitrogens is 1. The molecule has 0 saturated carbocycles. The number of thioether (sulfide) groups is 1. The molecule has 20 N–H and O–H groups in total. The smallest absolute Gasteiger partial charge is 0.305 e. The molecule has 0 spiro atoms. The SMILES string of the molecule is CCCC[C@@H](C(=O)N1C[C@@H](O)C[C@@H]1C(=O)N[C@H](C=O)CC(=O)O)N(C)C(=O)[C@H](Cc1ccccc1)N(C)C(=O)[C@H](Cc1cc(F)c(F)c(F)c1)NC(=O)CSC[C@H](NC(=O)[C@H](CCCN)NC(=O)[C@H](Cc1ccc(O)cc1)NC(=O)[C@H](Cc1c[nH]c2ccccc12)NC(=O)[C@H]1C[C@@H](O)CN1C(=O)[C@H](Cc1ccc(O)cc1)NC(=O)C(Cc1ccccc1)N(C)C(=O)[C@@H](N)C(C)C)C(=O)NCC(N)=O. The molecular weight excluding hydrogens is 1820 g/mol. The second kappa shape index (κ2) is 51.4. The number of aromatic amines is 1. The van der Waals surface area contributed by atoms with Crippen LogP contribution in [0.2, 0.25) is 0 Å². The van der Waals surface area contributed by atoms with Gasteiger partial charge in [0.1, 0.15) is 84.2 Å². The van der Waals surface area contributed by atoms with Gasteiger partial charge in [-0.25, -0.2) is 13.2 Å². The molecule has 14 amide bonds. The van der Waals surface area contributed by atoms with E-state index in [-0.39, 0.29) is 87.2 Å². The van der Waals surface area contributed by atoms with Gasteiger partial charge in [-0.3, -0.25) is 71.9 Å². The van der Waals surface area contributed by atoms with Crippen LogP contribution in [0.15, 0.2) is 152 Å². The van der Waals surface area contributed by atoms with Gasteiger partial charge in [0.05, 0.1) is 43.0 Å². The van der Waals surface area contributed by atoms with Crippen LogP contribution in [-0.4, -0.2) is 300 Å². The van der Waals surface area contributed by atoms with Gasteiger partial charge >= 0.3 is 5.97 Å². The first-order valence-electron chi connectivity index (χ1n) is 45.1. The van der Waals surface area contributed by atoms with Crippen molar-refractivity contribution < 1.29 is 115 Å². The van der Waals surface area contributed by atoms with E-state index in [4.69, 9.17) is 17.2 Å². The molecule has 1 aromatic heterocycles. The van der Waals surface area contributed by atoms with Crippen LogP contribution in [0.25, 0.3) is 10.9 Å². The Kier molecular flexibility index (Phi) is 40.1. The lowest BCUT2D eigenvalue weighted by atomic mass is 9.99. The monoisotopic (exact) mass is 1940 g/mol. The molecule has 3 heterocycles. The van der Waals surface area contributed by atoms with E-state index in [0.717, 1.165) is 19.6 Å². The Hall–Kier alpha value is -13.8. The van der Waals surface area contributed by atoms with Crippen molar-refractivity contribution in [2.45, 2.75) is 201 Å². The van der Waals surface area contributed by atoms with Gasteiger partial charge in [0.15, 0.2) is 17.5 Å². The van der Waals surface area contributed by atoms with E-state index in [1.54, 1.807) is 112 Å². The number of rotatable bonds is 50. The molecule has 0 bridgehead atoms. The summed E-state index contributed by atoms with van der Waals surface area (Å²) in [6.45, 7) is 3.47. The zero-order valence-corrected chi connectivity index (χ0v) is 78.0. The highest BCUT2D eigenvalue weighted by atomic mass is 32.2. The van der Waals surface area contributed by atoms with E-state index in [1.807, 2.05) is 0 Å². The minimum atomic E-state index is -1.90. The van der Waals surface area contributed by atoms with Crippen molar-refractivity contribution >= 4 is 118 Å². The molecular formula is C96H120F3N17O21S. The molecule has 7 aromatic rings. The summed E-state index contributed by atoms with van der Waals surface area (Å²) in [6.07, 6.45) is -4.09. The number of benzene rings is 6. The highest BCUT2D eigenvalue weighted by Crippen LogP contribution is 2.29. The number of amides is 14. The number of carbonyl (C=O) groups excluding carboxylic acids is 15. The number of nitrogens with zero attached hydrogens (tertiary/aromatic N) is 5. The number of likely N-dealkylation sites (tertiary alicyclic amines) is 2. The number of primary amides is 1. The molecule has 2 fully saturated rings. The number of aromatic nitrogens is 1. The van der Waals surface area contributed by atoms with Crippen molar-refractivity contribution in [2.24, 2.45) is 23.1 Å². The fourth-order valence-electron chi connectivity index (χ4n) is 16.4. The Morgan fingerprint density at radius 1 is 0.529 bits per heavy atom. The number of carboxylic acid groups (broad SMARTS) is 1. The van der Waals surface area contributed by atoms with Gasteiger partial charge in [-0.1, -0.05) is 137 Å². The quantitative estimate of drug-likeness (QED) is 0.0182. The molecule has 742 valence electrons. The first kappa shape index (κ1) is 108. The fourth-order valence-corrected chi connectivity index (χ4v) is 17.2. The number of aliphatic carboxylic acids is 1. The van der Waals surface area contributed by atoms with Crippen LogP contribution in [0.1, 0.15) is 106 Å². The van der Waals surface area contributed by atoms with Gasteiger partial charge in [-0.15, -0.1) is 11.8 Å². The van der Waals surface area contributed by atoms with E-state index >= 15 is 37.5 Å². The number of nitrogens with two attached hydrogens (primary N) is 3. The van der Waals surface area contributed by atoms with Gasteiger partial charge < -0.3 is 120 Å². The lowest BCUT2D eigenvalue weighted by Gasteiger charge is -2.37. The Balaban J connectivity index is 0.969. The maximum atomic E-state index is 15.5. The van der Waals surface area contributed by atoms with E-state index < -0.39 is 254 Å². The molecule has 6 aromatic carbocycles. The van der Waals surface area contributed by atoms with Crippen molar-refractivity contribution in [3.05, 3.63) is 203 Å². The summed E-state index contributed by atoms with van der Waals surface area (Å²) >= 11 is 0.632. The Bertz CT molecular complexity index is 5440. The van der Waals surface area contributed by atoms with Crippen LogP contribution in [0.3, 0.4) is 0 Å². The maximum absolute atomic E-state index is 15.5. The molecule has 2 saturated heterocycles. The molecule has 9 rings (SSSR count). The molecule has 42 heteroatoms. The van der Waals surface area contributed by atoms with E-state index in [0.29, 0.717) is 75.5 Å². The Labute approximate surface area is 798 Å². The number of hydrogen-bond acceptors (Lipinski definition) is 23. The number of carboxylic acids is 1. The predicted molar refractivity (Wildman–Crippen MR) is 500 cm³/mol. The number of nitrogens with one attached hydrogen (secondary N) is 9. The molecule has 2 aliphatic rings. The third-order valence-corrected chi connectivity index (χ3v) is 25.1. The summed E-state index contributed by atoms with van der Waals surface area (Å²) in [7, 11) is 3.84. The van der Waals surface area contributed by atoms with E-state index in [2.05, 4.69) is 47.5 Å². The van der Waals surface area contributed by atoms with Gasteiger partial charge in [0.2, 0.25) is 82.7 Å². The first-order chi connectivity index (χ1) is 65.7. The number of phenols is 2. The Morgan fingerprint density at radius 3 is 1.57 bits per heavy atom. The number of halogens is 3. The highest BCUT2D eigenvalue weighted by Gasteiger charge is 2.48. The normalized spacial score (nSPS) is 17.0. The first-order valence-corrected chi connectivity index (χ1v) is 46.3. The number of likely N-dealkylation sites (N-methyl/N-ethyl adjacent to an activating group) is 3. The third kappa shape index (κ3) is 30.3. The van der Waals surface area contributed by atoms with Crippen molar-refractivity contribution in [1.29, 1.82) is 0 Å². The average molecular weight is 1940 g/mol. The summed E-state index contributed by atoms with van der Waals surface area (Å²) in [5.41, 5.74) is 20.3. The summed E-state index contributed by atoms with van der Waals surface area (Å²) in [5, 5.41) is 73.6. The van der Waals surface area contributed by atoms with Crippen molar-refractivity contribution in [1.82, 2.24) is 72.0 Å². The number of fused-ring (bicyclic) bond motifs is 1. The molecule has 38 nitrogen and oxygen atoms in total. The number of aldehydes is 1. The number of carbonyl (C=O) groups is 16. The van der Waals surface area contributed by atoms with Crippen LogP contribution in [0.4, 0.5) is 13.2 Å². The van der Waals surface area contributed by atoms with Crippen molar-refractivity contribution in [3.8, 4) is 11.5 Å². The van der Waals surface area contributed by atoms with Crippen LogP contribution in [-0.2, 0) is 115 Å². The minimum absolute atomic E-state index is 0.000259. The van der Waals surface area contributed by atoms with Crippen LogP contribution < -0.4 is 59.7 Å². The fraction of sp³-hybridized carbons (Fsp3) is 0.438. The number of aliphatic hydroxyl groups is 2. The zero-order valence-electron chi connectivity index (χ0n) is 77.2. The highest BCUT2D eigenvalue weighted by molar-refractivity contribution is 8.00. The molecule has 0 aliphatic carbocycles. The number of para-hydroxylation sites is 1. The lowest BCUT2D eigenvalue weighted by Crippen LogP contribution is -2.61. The second-order valence-corrected chi connectivity index (χ2v) is 35.8. The lowest BCUT2D eigenvalue weighted by molar-refractivity contribution is -0.152. The van der Waals surface area contributed by atoms with Crippen LogP contribution in [0.5, 0.6) is 11.5 Å². The molecule has 15 atom stereocenters. The number of aromatic hydroxyl groups is 2. The minimum Gasteiger partial charge on any atom is -0.508 e. The number of phenolic OH excluding ortho intramolecular Hbond substituents is 2. The van der Waals surface area contributed by atoms with E-state index in [1.165, 1.54) is 74.6 Å². The predicted octanol–water partition coefficient (Wildman–Crippen LogP) is 0.471. The second-order valence-electron chi connectivity index (χ2n) is 34.8.